The van der Waals surface area contributed by atoms with Crippen LogP contribution in [-0.2, 0) is 52.1 Å². The fourth-order valence-corrected chi connectivity index (χ4v) is 5.07. The second-order valence-electron chi connectivity index (χ2n) is 16.8. The maximum Gasteiger partial charge on any atom is 0.104 e. The van der Waals surface area contributed by atoms with Crippen LogP contribution >= 0.6 is 0 Å². The summed E-state index contributed by atoms with van der Waals surface area (Å²) in [7, 11) is 0. The Morgan fingerprint density at radius 1 is 0.415 bits per heavy atom. The average Bonchev–Trinajstić information content (AvgIpc) is 3.06. The number of hydrogen-bond acceptors (Lipinski definition) is 11. The minimum atomic E-state index is -0.160. The summed E-state index contributed by atoms with van der Waals surface area (Å²) in [5.41, 5.74) is -0.293. The zero-order valence-corrected chi connectivity index (χ0v) is 35.6. The van der Waals surface area contributed by atoms with Crippen molar-refractivity contribution >= 4 is 0 Å². The summed E-state index contributed by atoms with van der Waals surface area (Å²) in [5.74, 6) is 0.777. The smallest absolute Gasteiger partial charge is 0.104 e. The number of allylic oxidation sites excluding steroid dienone is 2. The van der Waals surface area contributed by atoms with Crippen LogP contribution in [0.25, 0.3) is 0 Å². The SMILES string of the molecule is CC(C)(C)OCC1CC/C=C\CCC1.CC(C)(C)OCC1COCCCCCOCCOCCO1.CC(C)(C)OCC1COCCOCCOCCO1. The minimum absolute atomic E-state index is 0.0260. The van der Waals surface area contributed by atoms with Gasteiger partial charge in [-0.15, -0.1) is 0 Å². The molecule has 0 bridgehead atoms. The predicted molar refractivity (Wildman–Crippen MR) is 211 cm³/mol. The summed E-state index contributed by atoms with van der Waals surface area (Å²) >= 11 is 0. The van der Waals surface area contributed by atoms with Gasteiger partial charge in [-0.05, 0) is 120 Å². The summed E-state index contributed by atoms with van der Waals surface area (Å²) in [6.07, 6.45) is 14.3. The van der Waals surface area contributed by atoms with Gasteiger partial charge in [-0.25, -0.2) is 0 Å². The van der Waals surface area contributed by atoms with Crippen molar-refractivity contribution in [1.29, 1.82) is 0 Å². The highest BCUT2D eigenvalue weighted by atomic mass is 16.6. The van der Waals surface area contributed by atoms with E-state index in [4.69, 9.17) is 52.1 Å². The molecule has 3 aliphatic rings. The quantitative estimate of drug-likeness (QED) is 0.250. The van der Waals surface area contributed by atoms with Gasteiger partial charge in [-0.2, -0.15) is 0 Å². The molecular weight excluding hydrogens is 680 g/mol. The van der Waals surface area contributed by atoms with E-state index in [1.54, 1.807) is 0 Å². The fourth-order valence-electron chi connectivity index (χ4n) is 5.07. The summed E-state index contributed by atoms with van der Waals surface area (Å²) in [6.45, 7) is 29.3. The zero-order chi connectivity index (χ0) is 39.1. The Hall–Kier alpha value is -0.700. The molecule has 2 heterocycles. The van der Waals surface area contributed by atoms with Crippen molar-refractivity contribution in [3.63, 3.8) is 0 Å². The molecule has 0 aromatic carbocycles. The van der Waals surface area contributed by atoms with Crippen LogP contribution in [0, 0.1) is 5.92 Å². The van der Waals surface area contributed by atoms with E-state index < -0.39 is 0 Å². The van der Waals surface area contributed by atoms with Crippen LogP contribution in [0.5, 0.6) is 0 Å². The van der Waals surface area contributed by atoms with Crippen LogP contribution < -0.4 is 0 Å². The number of rotatable bonds is 6. The molecule has 0 N–H and O–H groups in total. The molecule has 2 fully saturated rings. The molecule has 11 nitrogen and oxygen atoms in total. The van der Waals surface area contributed by atoms with Gasteiger partial charge in [0.2, 0.25) is 0 Å². The summed E-state index contributed by atoms with van der Waals surface area (Å²) in [5, 5.41) is 0. The van der Waals surface area contributed by atoms with Crippen LogP contribution in [0.1, 0.15) is 114 Å². The second-order valence-corrected chi connectivity index (χ2v) is 16.8. The molecule has 2 saturated heterocycles. The Morgan fingerprint density at radius 3 is 1.32 bits per heavy atom. The Balaban J connectivity index is 0.000000405. The largest absolute Gasteiger partial charge is 0.379 e. The molecule has 11 heteroatoms. The first kappa shape index (κ1) is 50.3. The molecule has 3 unspecified atom stereocenters. The van der Waals surface area contributed by atoms with E-state index in [-0.39, 0.29) is 29.0 Å². The summed E-state index contributed by atoms with van der Waals surface area (Å²) in [4.78, 5) is 0. The Bertz CT molecular complexity index is 806. The van der Waals surface area contributed by atoms with E-state index in [9.17, 15) is 0 Å². The Morgan fingerprint density at radius 2 is 0.811 bits per heavy atom. The highest BCUT2D eigenvalue weighted by Crippen LogP contribution is 2.21. The van der Waals surface area contributed by atoms with Crippen molar-refractivity contribution in [2.75, 3.05) is 112 Å². The van der Waals surface area contributed by atoms with Gasteiger partial charge >= 0.3 is 0 Å². The maximum absolute atomic E-state index is 5.84. The number of hydrogen-bond donors (Lipinski definition) is 0. The molecule has 53 heavy (non-hydrogen) atoms. The number of ether oxygens (including phenoxy) is 11. The first-order valence-corrected chi connectivity index (χ1v) is 20.5. The van der Waals surface area contributed by atoms with Crippen LogP contribution in [0.15, 0.2) is 12.2 Å². The minimum Gasteiger partial charge on any atom is -0.379 e. The summed E-state index contributed by atoms with van der Waals surface area (Å²) in [6, 6.07) is 0. The summed E-state index contributed by atoms with van der Waals surface area (Å²) < 4.78 is 61.7. The van der Waals surface area contributed by atoms with Gasteiger partial charge < -0.3 is 52.1 Å². The zero-order valence-electron chi connectivity index (χ0n) is 35.6. The lowest BCUT2D eigenvalue weighted by molar-refractivity contribution is -0.113. The third-order valence-corrected chi connectivity index (χ3v) is 8.01. The first-order valence-electron chi connectivity index (χ1n) is 20.5. The highest BCUT2D eigenvalue weighted by Gasteiger charge is 2.18. The van der Waals surface area contributed by atoms with E-state index >= 15 is 0 Å². The van der Waals surface area contributed by atoms with Crippen molar-refractivity contribution < 1.29 is 52.1 Å². The van der Waals surface area contributed by atoms with E-state index in [0.717, 1.165) is 45.0 Å². The van der Waals surface area contributed by atoms with E-state index in [2.05, 4.69) is 32.9 Å². The molecule has 0 aromatic heterocycles. The van der Waals surface area contributed by atoms with Crippen molar-refractivity contribution in [2.45, 2.75) is 143 Å². The van der Waals surface area contributed by atoms with Gasteiger partial charge in [0.05, 0.1) is 116 Å². The van der Waals surface area contributed by atoms with E-state index in [0.29, 0.717) is 92.5 Å². The molecule has 0 saturated carbocycles. The Kier molecular flexibility index (Phi) is 29.8. The fraction of sp³-hybridized carbons (Fsp3) is 0.952. The van der Waals surface area contributed by atoms with Gasteiger partial charge in [-0.3, -0.25) is 0 Å². The van der Waals surface area contributed by atoms with Gasteiger partial charge in [0.15, 0.2) is 0 Å². The molecule has 0 aromatic rings. The van der Waals surface area contributed by atoms with Crippen LogP contribution in [-0.4, -0.2) is 141 Å². The van der Waals surface area contributed by atoms with Crippen molar-refractivity contribution in [3.05, 3.63) is 12.2 Å². The molecule has 0 spiro atoms. The van der Waals surface area contributed by atoms with Crippen LogP contribution in [0.4, 0.5) is 0 Å². The van der Waals surface area contributed by atoms with Crippen LogP contribution in [0.2, 0.25) is 0 Å². The Labute approximate surface area is 324 Å². The van der Waals surface area contributed by atoms with Gasteiger partial charge in [0.1, 0.15) is 12.2 Å². The first-order chi connectivity index (χ1) is 25.2. The van der Waals surface area contributed by atoms with Gasteiger partial charge in [0, 0.05) is 13.2 Å². The molecule has 3 rings (SSSR count). The lowest BCUT2D eigenvalue weighted by atomic mass is 9.95. The van der Waals surface area contributed by atoms with E-state index in [1.807, 2.05) is 41.5 Å². The standard InChI is InChI=1S/C16H32O5.C13H26O5.C13H24O/c1-16(2,3)21-14-15-13-19-8-6-4-5-7-17-9-10-18-11-12-20-15;1-13(2,3)18-11-12-10-16-7-6-14-4-5-15-8-9-17-12;1-13(2,3)14-11-12-9-7-5-4-6-8-10-12/h15H,4-14H2,1-3H3;12H,4-11H2,1-3H3;4-5,12H,6-11H2,1-3H3/b;;5-4-. The van der Waals surface area contributed by atoms with E-state index in [1.165, 1.54) is 32.1 Å². The topological polar surface area (TPSA) is 102 Å². The molecule has 0 radical (unpaired) electrons. The average molecular weight is 763 g/mol. The normalized spacial score (nSPS) is 25.5. The van der Waals surface area contributed by atoms with Gasteiger partial charge in [-0.1, -0.05) is 12.2 Å². The van der Waals surface area contributed by atoms with Crippen molar-refractivity contribution in [2.24, 2.45) is 5.92 Å². The lowest BCUT2D eigenvalue weighted by Crippen LogP contribution is -2.32. The third-order valence-electron chi connectivity index (χ3n) is 8.01. The van der Waals surface area contributed by atoms with Crippen LogP contribution in [0.3, 0.4) is 0 Å². The molecule has 316 valence electrons. The molecule has 3 atom stereocenters. The predicted octanol–water partition coefficient (Wildman–Crippen LogP) is 7.61. The monoisotopic (exact) mass is 763 g/mol. The molecule has 0 amide bonds. The lowest BCUT2D eigenvalue weighted by Gasteiger charge is -2.25. The third kappa shape index (κ3) is 36.7. The van der Waals surface area contributed by atoms with Gasteiger partial charge in [0.25, 0.3) is 0 Å². The highest BCUT2D eigenvalue weighted by molar-refractivity contribution is 4.85. The van der Waals surface area contributed by atoms with Crippen molar-refractivity contribution in [1.82, 2.24) is 0 Å². The van der Waals surface area contributed by atoms with Crippen molar-refractivity contribution in [3.8, 4) is 0 Å². The second kappa shape index (κ2) is 31.4. The molecule has 1 aliphatic carbocycles. The molecule has 2 aliphatic heterocycles. The molecular formula is C42H82O11. The maximum atomic E-state index is 5.84.